The lowest BCUT2D eigenvalue weighted by atomic mass is 10.3. The van der Waals surface area contributed by atoms with Crippen molar-refractivity contribution in [3.63, 3.8) is 0 Å². The van der Waals surface area contributed by atoms with Crippen LogP contribution in [-0.2, 0) is 0 Å². The van der Waals surface area contributed by atoms with Gasteiger partial charge in [-0.15, -0.1) is 0 Å². The highest BCUT2D eigenvalue weighted by molar-refractivity contribution is 6.75. The van der Waals surface area contributed by atoms with Gasteiger partial charge in [-0.25, -0.2) is 0 Å². The maximum Gasteiger partial charge on any atom is 0.186 e. The van der Waals surface area contributed by atoms with Crippen LogP contribution in [0.25, 0.3) is 0 Å². The molecular weight excluding hydrogens is 226 g/mol. The number of nitrogens with one attached hydrogen (secondary N) is 1. The molecule has 0 radical (unpaired) electrons. The minimum Gasteiger partial charge on any atom is -0.368 e. The summed E-state index contributed by atoms with van der Waals surface area (Å²) in [6.07, 6.45) is 0. The summed E-state index contributed by atoms with van der Waals surface area (Å²) in [6.45, 7) is 20.2. The summed E-state index contributed by atoms with van der Waals surface area (Å²) in [4.78, 5) is 4.77. The summed E-state index contributed by atoms with van der Waals surface area (Å²) in [7, 11) is -1.41. The molecule has 0 aliphatic heterocycles. The van der Waals surface area contributed by atoms with E-state index in [0.717, 1.165) is 5.96 Å². The Bertz CT molecular complexity index is 252. The van der Waals surface area contributed by atoms with Crippen molar-refractivity contribution in [1.29, 1.82) is 0 Å². The topological polar surface area (TPSA) is 27.6 Å². The van der Waals surface area contributed by atoms with Gasteiger partial charge >= 0.3 is 0 Å². The monoisotopic (exact) mass is 257 g/mol. The van der Waals surface area contributed by atoms with Gasteiger partial charge in [-0.2, -0.15) is 0 Å². The van der Waals surface area contributed by atoms with Crippen molar-refractivity contribution in [3.8, 4) is 0 Å². The second-order valence-electron chi connectivity index (χ2n) is 6.48. The van der Waals surface area contributed by atoms with Gasteiger partial charge in [0.2, 0.25) is 0 Å². The van der Waals surface area contributed by atoms with E-state index in [1.807, 2.05) is 0 Å². The van der Waals surface area contributed by atoms with Crippen molar-refractivity contribution in [1.82, 2.24) is 9.88 Å². The summed E-state index contributed by atoms with van der Waals surface area (Å²) >= 11 is 0. The van der Waals surface area contributed by atoms with E-state index < -0.39 is 8.24 Å². The van der Waals surface area contributed by atoms with Crippen LogP contribution in [0.3, 0.4) is 0 Å². The van der Waals surface area contributed by atoms with Gasteiger partial charge in [0.1, 0.15) is 0 Å². The van der Waals surface area contributed by atoms with Crippen LogP contribution in [0.2, 0.25) is 19.6 Å². The van der Waals surface area contributed by atoms with Gasteiger partial charge in [0.05, 0.1) is 0 Å². The molecule has 17 heavy (non-hydrogen) atoms. The van der Waals surface area contributed by atoms with E-state index >= 15 is 0 Å². The zero-order valence-corrected chi connectivity index (χ0v) is 14.1. The molecule has 4 heteroatoms. The van der Waals surface area contributed by atoms with Crippen LogP contribution in [0.5, 0.6) is 0 Å². The second-order valence-corrected chi connectivity index (χ2v) is 11.3. The predicted molar refractivity (Wildman–Crippen MR) is 81.2 cm³/mol. The Morgan fingerprint density at radius 3 is 1.71 bits per heavy atom. The van der Waals surface area contributed by atoms with Crippen LogP contribution in [0, 0.1) is 0 Å². The SMILES string of the molecule is CC(C)N=C(NC(C)C)N(C(C)C)[Si](C)(C)C. The fourth-order valence-corrected chi connectivity index (χ4v) is 4.32. The number of rotatable bonds is 4. The molecule has 0 saturated carbocycles. The molecule has 0 saturated heterocycles. The smallest absolute Gasteiger partial charge is 0.186 e. The lowest BCUT2D eigenvalue weighted by Gasteiger charge is -2.41. The van der Waals surface area contributed by atoms with Crippen molar-refractivity contribution < 1.29 is 0 Å². The van der Waals surface area contributed by atoms with E-state index in [1.165, 1.54) is 0 Å². The molecule has 0 fully saturated rings. The van der Waals surface area contributed by atoms with Crippen LogP contribution >= 0.6 is 0 Å². The van der Waals surface area contributed by atoms with Gasteiger partial charge in [0.25, 0.3) is 0 Å². The number of guanidine groups is 1. The fraction of sp³-hybridized carbons (Fsp3) is 0.923. The minimum atomic E-state index is -1.41. The van der Waals surface area contributed by atoms with E-state index in [2.05, 4.69) is 71.1 Å². The van der Waals surface area contributed by atoms with Gasteiger partial charge < -0.3 is 9.88 Å². The zero-order valence-electron chi connectivity index (χ0n) is 13.1. The first-order chi connectivity index (χ1) is 7.55. The molecule has 0 rings (SSSR count). The number of aliphatic imine (C=N–C) groups is 1. The van der Waals surface area contributed by atoms with E-state index in [0.29, 0.717) is 18.1 Å². The molecule has 0 aromatic heterocycles. The van der Waals surface area contributed by atoms with Crippen LogP contribution in [0.4, 0.5) is 0 Å². The van der Waals surface area contributed by atoms with E-state index in [9.17, 15) is 0 Å². The van der Waals surface area contributed by atoms with Crippen LogP contribution in [0.1, 0.15) is 41.5 Å². The largest absolute Gasteiger partial charge is 0.368 e. The standard InChI is InChI=1S/C13H31N3Si/c1-10(2)14-13(15-11(3)4)16(12(5)6)17(7,8)9/h10-12H,1-9H3,(H,14,15). The Kier molecular flexibility index (Phi) is 6.23. The Morgan fingerprint density at radius 2 is 1.47 bits per heavy atom. The van der Waals surface area contributed by atoms with Crippen molar-refractivity contribution in [2.75, 3.05) is 0 Å². The first-order valence-corrected chi connectivity index (χ1v) is 10.1. The Labute approximate surface area is 109 Å². The lowest BCUT2D eigenvalue weighted by molar-refractivity contribution is 0.472. The van der Waals surface area contributed by atoms with Crippen molar-refractivity contribution in [2.45, 2.75) is 79.3 Å². The number of hydrogen-bond donors (Lipinski definition) is 1. The average molecular weight is 257 g/mol. The quantitative estimate of drug-likeness (QED) is 0.475. The first-order valence-electron chi connectivity index (χ1n) is 6.69. The van der Waals surface area contributed by atoms with Crippen molar-refractivity contribution >= 4 is 14.2 Å². The minimum absolute atomic E-state index is 0.328. The summed E-state index contributed by atoms with van der Waals surface area (Å²) in [5, 5.41) is 3.51. The third-order valence-electron chi connectivity index (χ3n) is 2.27. The molecular formula is C13H31N3Si. The molecule has 1 N–H and O–H groups in total. The van der Waals surface area contributed by atoms with Crippen LogP contribution < -0.4 is 5.32 Å². The van der Waals surface area contributed by atoms with E-state index in [1.54, 1.807) is 0 Å². The highest BCUT2D eigenvalue weighted by atomic mass is 28.3. The Hall–Kier alpha value is -0.513. The molecule has 102 valence electrons. The average Bonchev–Trinajstić information content (AvgIpc) is 1.95. The first kappa shape index (κ1) is 16.5. The molecule has 0 aliphatic carbocycles. The molecule has 0 spiro atoms. The van der Waals surface area contributed by atoms with Gasteiger partial charge in [-0.1, -0.05) is 19.6 Å². The number of hydrogen-bond acceptors (Lipinski definition) is 1. The summed E-state index contributed by atoms with van der Waals surface area (Å²) < 4.78 is 2.49. The summed E-state index contributed by atoms with van der Waals surface area (Å²) in [5.41, 5.74) is 0. The van der Waals surface area contributed by atoms with Gasteiger partial charge in [0, 0.05) is 18.1 Å². The molecule has 0 amide bonds. The fourth-order valence-electron chi connectivity index (χ4n) is 2.01. The second kappa shape index (κ2) is 6.43. The molecule has 0 aromatic rings. The third-order valence-corrected chi connectivity index (χ3v) is 4.44. The van der Waals surface area contributed by atoms with Gasteiger partial charge in [-0.3, -0.25) is 4.99 Å². The van der Waals surface area contributed by atoms with E-state index in [-0.39, 0.29) is 0 Å². The molecule has 3 nitrogen and oxygen atoms in total. The maximum absolute atomic E-state index is 4.77. The van der Waals surface area contributed by atoms with E-state index in [4.69, 9.17) is 4.99 Å². The maximum atomic E-state index is 4.77. The predicted octanol–water partition coefficient (Wildman–Crippen LogP) is 3.29. The molecule has 0 unspecified atom stereocenters. The van der Waals surface area contributed by atoms with Crippen molar-refractivity contribution in [2.24, 2.45) is 4.99 Å². The molecule has 0 aliphatic rings. The van der Waals surface area contributed by atoms with Gasteiger partial charge in [-0.05, 0) is 41.5 Å². The number of nitrogens with zero attached hydrogens (tertiary/aromatic N) is 2. The molecule has 0 atom stereocenters. The molecule has 0 aromatic carbocycles. The van der Waals surface area contributed by atoms with Gasteiger partial charge in [0.15, 0.2) is 14.2 Å². The molecule has 0 heterocycles. The highest BCUT2D eigenvalue weighted by Crippen LogP contribution is 2.14. The van der Waals surface area contributed by atoms with Crippen molar-refractivity contribution in [3.05, 3.63) is 0 Å². The highest BCUT2D eigenvalue weighted by Gasteiger charge is 2.29. The summed E-state index contributed by atoms with van der Waals surface area (Å²) in [6, 6.07) is 1.24. The summed E-state index contributed by atoms with van der Waals surface area (Å²) in [5.74, 6) is 1.07. The normalized spacial score (nSPS) is 13.8. The Balaban J connectivity index is 5.23. The van der Waals surface area contributed by atoms with Crippen LogP contribution in [-0.4, -0.2) is 36.9 Å². The lowest BCUT2D eigenvalue weighted by Crippen LogP contribution is -2.58. The zero-order chi connectivity index (χ0) is 13.8. The third kappa shape index (κ3) is 6.10. The Morgan fingerprint density at radius 1 is 1.00 bits per heavy atom. The van der Waals surface area contributed by atoms with Crippen LogP contribution in [0.15, 0.2) is 4.99 Å². The molecule has 0 bridgehead atoms.